The van der Waals surface area contributed by atoms with Crippen molar-refractivity contribution < 1.29 is 23.7 Å². The van der Waals surface area contributed by atoms with E-state index in [1.165, 1.54) is 12.3 Å². The maximum absolute atomic E-state index is 12.2. The van der Waals surface area contributed by atoms with E-state index in [9.17, 15) is 19.7 Å². The zero-order valence-corrected chi connectivity index (χ0v) is 18.9. The molecule has 10 heteroatoms. The smallest absolute Gasteiger partial charge is 0.273 e. The lowest BCUT2D eigenvalue weighted by Crippen LogP contribution is -2.43. The number of ether oxygens (including phenoxy) is 1. The molecule has 1 heterocycles. The number of carbonyl (C=O) groups is 2. The van der Waals surface area contributed by atoms with Gasteiger partial charge in [0.2, 0.25) is 5.91 Å². The average Bonchev–Trinajstić information content (AvgIpc) is 3.28. The highest BCUT2D eigenvalue weighted by Gasteiger charge is 2.17. The van der Waals surface area contributed by atoms with E-state index in [1.807, 2.05) is 0 Å². The number of nitro groups is 1. The van der Waals surface area contributed by atoms with Crippen LogP contribution in [0.4, 0.5) is 5.69 Å². The molecule has 0 saturated carbocycles. The maximum Gasteiger partial charge on any atom is 0.273 e. The third kappa shape index (κ3) is 6.06. The predicted molar refractivity (Wildman–Crippen MR) is 126 cm³/mol. The molecule has 1 aromatic heterocycles. The number of hydrogen-bond donors (Lipinski definition) is 2. The molecule has 0 aliphatic rings. The van der Waals surface area contributed by atoms with Crippen molar-refractivity contribution in [2.45, 2.75) is 26.3 Å². The topological polar surface area (TPSA) is 136 Å². The van der Waals surface area contributed by atoms with E-state index in [2.05, 4.69) is 15.8 Å². The Kier molecular flexibility index (Phi) is 7.75. The van der Waals surface area contributed by atoms with Gasteiger partial charge in [0.1, 0.15) is 23.3 Å². The number of carbonyl (C=O) groups excluding carboxylic acids is 2. The Labute approximate surface area is 195 Å². The Morgan fingerprint density at radius 2 is 1.91 bits per heavy atom. The molecular formula is C24H24N4O6. The fourth-order valence-corrected chi connectivity index (χ4v) is 3.20. The lowest BCUT2D eigenvalue weighted by atomic mass is 10.1. The van der Waals surface area contributed by atoms with Crippen molar-refractivity contribution in [3.05, 3.63) is 81.6 Å². The van der Waals surface area contributed by atoms with Gasteiger partial charge >= 0.3 is 0 Å². The summed E-state index contributed by atoms with van der Waals surface area (Å²) >= 11 is 0. The molecule has 0 spiro atoms. The standard InChI is InChI=1S/C24H24N4O6/c1-15-20(5-4-6-21(15)28(31)32)22-12-11-19(34-22)14-25-27-24(30)16(2)26-23(29)13-17-7-9-18(33-3)10-8-17/h4-12,14,16H,13H2,1-3H3,(H,26,29)(H,27,30)/b25-14-/t16-/m1/s1. The van der Waals surface area contributed by atoms with Crippen LogP contribution in [0.3, 0.4) is 0 Å². The van der Waals surface area contributed by atoms with Gasteiger partial charge in [0.05, 0.1) is 24.7 Å². The summed E-state index contributed by atoms with van der Waals surface area (Å²) < 4.78 is 10.8. The molecule has 0 aliphatic heterocycles. The largest absolute Gasteiger partial charge is 0.497 e. The Bertz CT molecular complexity index is 1220. The SMILES string of the molecule is COc1ccc(CC(=O)N[C@H](C)C(=O)N/N=C\c2ccc(-c3cccc([N+](=O)[O-])c3C)o2)cc1. The zero-order chi connectivity index (χ0) is 24.7. The van der Waals surface area contributed by atoms with E-state index in [-0.39, 0.29) is 18.0 Å². The van der Waals surface area contributed by atoms with Gasteiger partial charge in [0.15, 0.2) is 0 Å². The Morgan fingerprint density at radius 1 is 1.18 bits per heavy atom. The van der Waals surface area contributed by atoms with E-state index in [0.29, 0.717) is 28.4 Å². The van der Waals surface area contributed by atoms with Crippen LogP contribution in [0.5, 0.6) is 5.75 Å². The Hall–Kier alpha value is -4.47. The zero-order valence-electron chi connectivity index (χ0n) is 18.9. The number of rotatable bonds is 9. The summed E-state index contributed by atoms with van der Waals surface area (Å²) in [6.45, 7) is 3.20. The van der Waals surface area contributed by atoms with Gasteiger partial charge in [0, 0.05) is 17.2 Å². The van der Waals surface area contributed by atoms with Gasteiger partial charge in [-0.2, -0.15) is 5.10 Å². The number of furan rings is 1. The minimum Gasteiger partial charge on any atom is -0.497 e. The summed E-state index contributed by atoms with van der Waals surface area (Å²) in [7, 11) is 1.56. The molecular weight excluding hydrogens is 440 g/mol. The van der Waals surface area contributed by atoms with Crippen LogP contribution in [0, 0.1) is 17.0 Å². The number of methoxy groups -OCH3 is 1. The van der Waals surface area contributed by atoms with Crippen molar-refractivity contribution in [2.75, 3.05) is 7.11 Å². The number of hydrazone groups is 1. The molecule has 10 nitrogen and oxygen atoms in total. The van der Waals surface area contributed by atoms with E-state index < -0.39 is 16.9 Å². The number of nitrogens with zero attached hydrogens (tertiary/aromatic N) is 2. The fourth-order valence-electron chi connectivity index (χ4n) is 3.20. The summed E-state index contributed by atoms with van der Waals surface area (Å²) in [6, 6.07) is 14.3. The molecule has 1 atom stereocenters. The van der Waals surface area contributed by atoms with Crippen molar-refractivity contribution >= 4 is 23.7 Å². The number of nitrogens with one attached hydrogen (secondary N) is 2. The molecule has 3 rings (SSSR count). The third-order valence-corrected chi connectivity index (χ3v) is 5.06. The van der Waals surface area contributed by atoms with Crippen LogP contribution in [0.1, 0.15) is 23.8 Å². The minimum absolute atomic E-state index is 0.000550. The summed E-state index contributed by atoms with van der Waals surface area (Å²) in [6.07, 6.45) is 1.43. The monoisotopic (exact) mass is 464 g/mol. The molecule has 0 saturated heterocycles. The third-order valence-electron chi connectivity index (χ3n) is 5.06. The van der Waals surface area contributed by atoms with E-state index in [4.69, 9.17) is 9.15 Å². The van der Waals surface area contributed by atoms with Gasteiger partial charge in [-0.3, -0.25) is 19.7 Å². The predicted octanol–water partition coefficient (Wildman–Crippen LogP) is 3.37. The van der Waals surface area contributed by atoms with Crippen LogP contribution in [0.15, 0.2) is 64.1 Å². The van der Waals surface area contributed by atoms with Crippen LogP contribution in [-0.2, 0) is 16.0 Å². The first-order valence-corrected chi connectivity index (χ1v) is 10.4. The molecule has 0 aliphatic carbocycles. The minimum atomic E-state index is -0.803. The van der Waals surface area contributed by atoms with Gasteiger partial charge in [0.25, 0.3) is 11.6 Å². The van der Waals surface area contributed by atoms with Gasteiger partial charge < -0.3 is 14.5 Å². The molecule has 2 amide bonds. The average molecular weight is 464 g/mol. The van der Waals surface area contributed by atoms with Crippen molar-refractivity contribution in [1.82, 2.24) is 10.7 Å². The van der Waals surface area contributed by atoms with Crippen molar-refractivity contribution in [1.29, 1.82) is 0 Å². The molecule has 176 valence electrons. The van der Waals surface area contributed by atoms with Crippen molar-refractivity contribution in [2.24, 2.45) is 5.10 Å². The summed E-state index contributed by atoms with van der Waals surface area (Å²) in [5.41, 5.74) is 4.21. The van der Waals surface area contributed by atoms with E-state index in [0.717, 1.165) is 5.56 Å². The summed E-state index contributed by atoms with van der Waals surface area (Å²) in [5, 5.41) is 17.6. The highest BCUT2D eigenvalue weighted by Crippen LogP contribution is 2.30. The number of hydrogen-bond acceptors (Lipinski definition) is 7. The van der Waals surface area contributed by atoms with Crippen molar-refractivity contribution in [3.8, 4) is 17.1 Å². The van der Waals surface area contributed by atoms with E-state index >= 15 is 0 Å². The van der Waals surface area contributed by atoms with Crippen LogP contribution >= 0.6 is 0 Å². The second-order valence-corrected chi connectivity index (χ2v) is 7.46. The van der Waals surface area contributed by atoms with Crippen LogP contribution in [0.25, 0.3) is 11.3 Å². The quantitative estimate of drug-likeness (QED) is 0.283. The van der Waals surface area contributed by atoms with Gasteiger partial charge in [-0.05, 0) is 43.7 Å². The lowest BCUT2D eigenvalue weighted by molar-refractivity contribution is -0.385. The first kappa shape index (κ1) is 24.2. The highest BCUT2D eigenvalue weighted by molar-refractivity contribution is 5.89. The normalized spacial score (nSPS) is 11.7. The van der Waals surface area contributed by atoms with Gasteiger partial charge in [-0.1, -0.05) is 24.3 Å². The first-order chi connectivity index (χ1) is 16.3. The number of nitro benzene ring substituents is 1. The van der Waals surface area contributed by atoms with Crippen molar-refractivity contribution in [3.63, 3.8) is 0 Å². The molecule has 2 aromatic carbocycles. The van der Waals surface area contributed by atoms with Crippen LogP contribution < -0.4 is 15.5 Å². The molecule has 3 aromatic rings. The maximum atomic E-state index is 12.2. The Balaban J connectivity index is 1.53. The second-order valence-electron chi connectivity index (χ2n) is 7.46. The van der Waals surface area contributed by atoms with Crippen LogP contribution in [-0.4, -0.2) is 36.1 Å². The second kappa shape index (κ2) is 10.9. The molecule has 0 bridgehead atoms. The Morgan fingerprint density at radius 3 is 2.59 bits per heavy atom. The summed E-state index contributed by atoms with van der Waals surface area (Å²) in [4.78, 5) is 35.1. The molecule has 2 N–H and O–H groups in total. The number of amides is 2. The molecule has 0 radical (unpaired) electrons. The summed E-state index contributed by atoms with van der Waals surface area (Å²) in [5.74, 6) is 0.671. The van der Waals surface area contributed by atoms with Gasteiger partial charge in [-0.15, -0.1) is 0 Å². The first-order valence-electron chi connectivity index (χ1n) is 10.4. The number of benzene rings is 2. The fraction of sp³-hybridized carbons (Fsp3) is 0.208. The van der Waals surface area contributed by atoms with E-state index in [1.54, 1.807) is 69.5 Å². The lowest BCUT2D eigenvalue weighted by Gasteiger charge is -2.12. The molecule has 0 unspecified atom stereocenters. The highest BCUT2D eigenvalue weighted by atomic mass is 16.6. The van der Waals surface area contributed by atoms with Crippen LogP contribution in [0.2, 0.25) is 0 Å². The molecule has 0 fully saturated rings. The van der Waals surface area contributed by atoms with Gasteiger partial charge in [-0.25, -0.2) is 5.43 Å². The molecule has 34 heavy (non-hydrogen) atoms.